The van der Waals surface area contributed by atoms with Crippen molar-refractivity contribution in [3.63, 3.8) is 0 Å². The summed E-state index contributed by atoms with van der Waals surface area (Å²) in [7, 11) is 1.46. The molecule has 1 heterocycles. The van der Waals surface area contributed by atoms with E-state index in [1.807, 2.05) is 0 Å². The number of hydrogen-bond acceptors (Lipinski definition) is 6. The maximum absolute atomic E-state index is 13.4. The molecule has 7 nitrogen and oxygen atoms in total. The Morgan fingerprint density at radius 3 is 2.44 bits per heavy atom. The van der Waals surface area contributed by atoms with Gasteiger partial charge >= 0.3 is 0 Å². The van der Waals surface area contributed by atoms with Crippen molar-refractivity contribution in [2.45, 2.75) is 19.9 Å². The summed E-state index contributed by atoms with van der Waals surface area (Å²) < 4.78 is 10.7. The third-order valence-electron chi connectivity index (χ3n) is 5.97. The van der Waals surface area contributed by atoms with E-state index in [-0.39, 0.29) is 34.3 Å². The molecule has 0 spiro atoms. The second-order valence-corrected chi connectivity index (χ2v) is 8.88. The number of aliphatic hydroxyl groups excluding tert-OH is 1. The fourth-order valence-corrected chi connectivity index (χ4v) is 4.62. The second kappa shape index (κ2) is 10.1. The summed E-state index contributed by atoms with van der Waals surface area (Å²) in [6.45, 7) is 3.79. The number of aromatic hydroxyl groups is 1. The summed E-state index contributed by atoms with van der Waals surface area (Å²) in [6, 6.07) is 13.0. The van der Waals surface area contributed by atoms with Gasteiger partial charge in [-0.2, -0.15) is 0 Å². The first kappa shape index (κ1) is 25.4. The lowest BCUT2D eigenvalue weighted by molar-refractivity contribution is -0.132. The predicted molar refractivity (Wildman–Crippen MR) is 138 cm³/mol. The van der Waals surface area contributed by atoms with Gasteiger partial charge in [0, 0.05) is 16.3 Å². The number of rotatable bonds is 6. The summed E-state index contributed by atoms with van der Waals surface area (Å²) >= 11 is 12.6. The van der Waals surface area contributed by atoms with E-state index in [1.165, 1.54) is 36.3 Å². The van der Waals surface area contributed by atoms with Crippen LogP contribution in [-0.4, -0.2) is 35.6 Å². The highest BCUT2D eigenvalue weighted by Gasteiger charge is 2.47. The second-order valence-electron chi connectivity index (χ2n) is 8.06. The fraction of sp³-hybridized carbons (Fsp3) is 0.185. The first-order valence-electron chi connectivity index (χ1n) is 11.0. The molecule has 1 aliphatic rings. The summed E-state index contributed by atoms with van der Waals surface area (Å²) in [6.07, 6.45) is 0. The van der Waals surface area contributed by atoms with E-state index >= 15 is 0 Å². The molecule has 1 fully saturated rings. The molecule has 3 aromatic carbocycles. The molecule has 1 aliphatic heterocycles. The van der Waals surface area contributed by atoms with E-state index in [2.05, 4.69) is 0 Å². The Morgan fingerprint density at radius 2 is 1.78 bits per heavy atom. The summed E-state index contributed by atoms with van der Waals surface area (Å²) in [5.41, 5.74) is 1.52. The van der Waals surface area contributed by atoms with Crippen molar-refractivity contribution in [3.05, 3.63) is 86.9 Å². The molecule has 0 radical (unpaired) electrons. The molecule has 9 heteroatoms. The Balaban J connectivity index is 1.99. The SMILES string of the molecule is CCOc1cc(C2/C(=C(\O)c3ccc(OC)c(Cl)c3)C(=O)C(=O)N2c2cccc(Cl)c2C)ccc1O. The van der Waals surface area contributed by atoms with Gasteiger partial charge in [-0.25, -0.2) is 0 Å². The van der Waals surface area contributed by atoms with Crippen LogP contribution >= 0.6 is 23.2 Å². The molecule has 0 saturated carbocycles. The van der Waals surface area contributed by atoms with Crippen molar-refractivity contribution in [1.82, 2.24) is 0 Å². The highest BCUT2D eigenvalue weighted by atomic mass is 35.5. The van der Waals surface area contributed by atoms with Crippen LogP contribution in [0.4, 0.5) is 5.69 Å². The van der Waals surface area contributed by atoms with Gasteiger partial charge in [0.1, 0.15) is 11.5 Å². The first-order valence-corrected chi connectivity index (χ1v) is 11.8. The third kappa shape index (κ3) is 4.36. The number of benzene rings is 3. The van der Waals surface area contributed by atoms with Crippen molar-refractivity contribution in [2.24, 2.45) is 0 Å². The summed E-state index contributed by atoms with van der Waals surface area (Å²) in [5, 5.41) is 22.2. The fourth-order valence-electron chi connectivity index (χ4n) is 4.19. The Kier molecular flexibility index (Phi) is 7.15. The number of phenols is 1. The predicted octanol–water partition coefficient (Wildman–Crippen LogP) is 6.04. The smallest absolute Gasteiger partial charge is 0.300 e. The molecular formula is C27H23Cl2NO6. The van der Waals surface area contributed by atoms with Gasteiger partial charge in [0.2, 0.25) is 0 Å². The lowest BCUT2D eigenvalue weighted by Crippen LogP contribution is -2.30. The number of ether oxygens (including phenoxy) is 2. The molecule has 2 N–H and O–H groups in total. The molecule has 1 atom stereocenters. The maximum Gasteiger partial charge on any atom is 0.300 e. The number of phenolic OH excluding ortho intramolecular Hbond substituents is 1. The average Bonchev–Trinajstić information content (AvgIpc) is 3.12. The number of carbonyl (C=O) groups excluding carboxylic acids is 2. The molecule has 0 aromatic heterocycles. The number of anilines is 1. The normalized spacial score (nSPS) is 16.9. The van der Waals surface area contributed by atoms with Gasteiger partial charge in [-0.15, -0.1) is 0 Å². The zero-order chi connectivity index (χ0) is 26.1. The Morgan fingerprint density at radius 1 is 1.03 bits per heavy atom. The van der Waals surface area contributed by atoms with Crippen LogP contribution in [0.15, 0.2) is 60.2 Å². The van der Waals surface area contributed by atoms with Gasteiger partial charge in [0.15, 0.2) is 11.5 Å². The van der Waals surface area contributed by atoms with Gasteiger partial charge in [0.25, 0.3) is 11.7 Å². The quantitative estimate of drug-likeness (QED) is 0.230. The van der Waals surface area contributed by atoms with E-state index in [9.17, 15) is 19.8 Å². The third-order valence-corrected chi connectivity index (χ3v) is 6.67. The van der Waals surface area contributed by atoms with Gasteiger partial charge < -0.3 is 19.7 Å². The van der Waals surface area contributed by atoms with Gasteiger partial charge in [0.05, 0.1) is 30.4 Å². The molecule has 0 aliphatic carbocycles. The molecule has 0 bridgehead atoms. The number of amides is 1. The van der Waals surface area contributed by atoms with Crippen LogP contribution in [0.1, 0.15) is 29.7 Å². The van der Waals surface area contributed by atoms with E-state index < -0.39 is 23.5 Å². The number of carbonyl (C=O) groups is 2. The first-order chi connectivity index (χ1) is 17.2. The largest absolute Gasteiger partial charge is 0.507 e. The molecule has 3 aromatic rings. The minimum atomic E-state index is -1.04. The number of hydrogen-bond donors (Lipinski definition) is 2. The van der Waals surface area contributed by atoms with E-state index in [1.54, 1.807) is 44.2 Å². The van der Waals surface area contributed by atoms with Crippen molar-refractivity contribution in [1.29, 1.82) is 0 Å². The van der Waals surface area contributed by atoms with Gasteiger partial charge in [-0.05, 0) is 67.4 Å². The van der Waals surface area contributed by atoms with Gasteiger partial charge in [-0.1, -0.05) is 35.3 Å². The monoisotopic (exact) mass is 527 g/mol. The average molecular weight is 528 g/mol. The minimum absolute atomic E-state index is 0.0987. The minimum Gasteiger partial charge on any atom is -0.507 e. The van der Waals surface area contributed by atoms with E-state index in [0.717, 1.165) is 0 Å². The molecule has 1 unspecified atom stereocenters. The highest BCUT2D eigenvalue weighted by molar-refractivity contribution is 6.52. The van der Waals surface area contributed by atoms with Crippen molar-refractivity contribution < 1.29 is 29.3 Å². The molecule has 4 rings (SSSR count). The molecule has 1 amide bonds. The molecule has 36 heavy (non-hydrogen) atoms. The number of methoxy groups -OCH3 is 1. The van der Waals surface area contributed by atoms with Crippen molar-refractivity contribution >= 4 is 46.3 Å². The van der Waals surface area contributed by atoms with Crippen molar-refractivity contribution in [2.75, 3.05) is 18.6 Å². The highest BCUT2D eigenvalue weighted by Crippen LogP contribution is 2.45. The zero-order valence-corrected chi connectivity index (χ0v) is 21.2. The number of ketones is 1. The molecule has 186 valence electrons. The maximum atomic E-state index is 13.4. The van der Waals surface area contributed by atoms with Crippen LogP contribution in [0.2, 0.25) is 10.0 Å². The Labute approximate surface area is 218 Å². The van der Waals surface area contributed by atoms with Crippen LogP contribution < -0.4 is 14.4 Å². The van der Waals surface area contributed by atoms with E-state index in [0.29, 0.717) is 27.6 Å². The zero-order valence-electron chi connectivity index (χ0n) is 19.7. The van der Waals surface area contributed by atoms with Crippen LogP contribution in [0.5, 0.6) is 17.2 Å². The van der Waals surface area contributed by atoms with Crippen LogP contribution in [0, 0.1) is 6.92 Å². The Hall–Kier alpha value is -3.68. The van der Waals surface area contributed by atoms with Crippen LogP contribution in [0.25, 0.3) is 5.76 Å². The summed E-state index contributed by atoms with van der Waals surface area (Å²) in [4.78, 5) is 28.1. The van der Waals surface area contributed by atoms with Gasteiger partial charge in [-0.3, -0.25) is 14.5 Å². The van der Waals surface area contributed by atoms with Crippen LogP contribution in [-0.2, 0) is 9.59 Å². The molecular weight excluding hydrogens is 505 g/mol. The summed E-state index contributed by atoms with van der Waals surface area (Å²) in [5.74, 6) is -1.66. The molecule has 1 saturated heterocycles. The number of nitrogens with zero attached hydrogens (tertiary/aromatic N) is 1. The van der Waals surface area contributed by atoms with E-state index in [4.69, 9.17) is 32.7 Å². The topological polar surface area (TPSA) is 96.3 Å². The number of aliphatic hydroxyl groups is 1. The van der Waals surface area contributed by atoms with Crippen molar-refractivity contribution in [3.8, 4) is 17.2 Å². The number of halogens is 2. The lowest BCUT2D eigenvalue weighted by atomic mass is 9.94. The Bertz CT molecular complexity index is 1400. The lowest BCUT2D eigenvalue weighted by Gasteiger charge is -2.27. The number of Topliss-reactive ketones (excluding diaryl/α,β-unsaturated/α-hetero) is 1. The standard InChI is InChI=1S/C27H23Cl2NO6/c1-4-36-22-13-15(8-10-20(22)31)24-23(25(32)16-9-11-21(35-3)18(29)12-16)26(33)27(34)30(24)19-7-5-6-17(28)14(19)2/h5-13,24,31-32H,4H2,1-3H3/b25-23+. The van der Waals surface area contributed by atoms with Crippen LogP contribution in [0.3, 0.4) is 0 Å².